The molecule has 9 heteroatoms. The number of hydrogen-bond donors (Lipinski definition) is 1. The molecule has 108 valence electrons. The van der Waals surface area contributed by atoms with Gasteiger partial charge in [0.25, 0.3) is 0 Å². The standard InChI is InChI=1S/C11H10F3N3O2S/c1-2-3-17-5-15-4-6(17)9-16-8(11(12,13)14)7(20-9)10(18)19/h4-5H,2-3H2,1H3,(H,18,19). The smallest absolute Gasteiger partial charge is 0.435 e. The molecule has 1 N–H and O–H groups in total. The van der Waals surface area contributed by atoms with E-state index in [0.29, 0.717) is 23.6 Å². The Labute approximate surface area is 115 Å². The average Bonchev–Trinajstić information content (AvgIpc) is 2.93. The molecule has 0 amide bonds. The Morgan fingerprint density at radius 3 is 2.70 bits per heavy atom. The second-order valence-corrected chi connectivity index (χ2v) is 4.97. The van der Waals surface area contributed by atoms with Crippen molar-refractivity contribution in [2.24, 2.45) is 0 Å². The third-order valence-electron chi connectivity index (χ3n) is 2.49. The fourth-order valence-electron chi connectivity index (χ4n) is 1.68. The molecule has 20 heavy (non-hydrogen) atoms. The molecule has 0 fully saturated rings. The highest BCUT2D eigenvalue weighted by Crippen LogP contribution is 2.37. The Bertz CT molecular complexity index is 633. The number of aromatic carboxylic acids is 1. The van der Waals surface area contributed by atoms with E-state index in [1.54, 1.807) is 4.57 Å². The van der Waals surface area contributed by atoms with Crippen molar-refractivity contribution >= 4 is 17.3 Å². The summed E-state index contributed by atoms with van der Waals surface area (Å²) in [5.74, 6) is -1.64. The van der Waals surface area contributed by atoms with Gasteiger partial charge in [0, 0.05) is 6.54 Å². The predicted octanol–water partition coefficient (Wildman–Crippen LogP) is 3.13. The summed E-state index contributed by atoms with van der Waals surface area (Å²) in [6, 6.07) is 0. The number of alkyl halides is 3. The van der Waals surface area contributed by atoms with Crippen LogP contribution in [0.25, 0.3) is 10.7 Å². The van der Waals surface area contributed by atoms with Gasteiger partial charge in [0.2, 0.25) is 0 Å². The van der Waals surface area contributed by atoms with Crippen LogP contribution in [0.5, 0.6) is 0 Å². The Kier molecular flexibility index (Phi) is 3.80. The van der Waals surface area contributed by atoms with E-state index >= 15 is 0 Å². The molecule has 2 heterocycles. The Hall–Kier alpha value is -1.90. The van der Waals surface area contributed by atoms with Gasteiger partial charge >= 0.3 is 12.1 Å². The van der Waals surface area contributed by atoms with Crippen LogP contribution in [-0.4, -0.2) is 25.6 Å². The van der Waals surface area contributed by atoms with Crippen LogP contribution in [0.2, 0.25) is 0 Å². The lowest BCUT2D eigenvalue weighted by Crippen LogP contribution is -2.11. The Balaban J connectivity index is 2.53. The number of aromatic nitrogens is 3. The number of carbonyl (C=O) groups is 1. The van der Waals surface area contributed by atoms with Gasteiger partial charge in [0.15, 0.2) is 5.69 Å². The van der Waals surface area contributed by atoms with Crippen molar-refractivity contribution in [3.8, 4) is 10.7 Å². The van der Waals surface area contributed by atoms with Gasteiger partial charge in [-0.2, -0.15) is 13.2 Å². The minimum atomic E-state index is -4.79. The van der Waals surface area contributed by atoms with Gasteiger partial charge in [-0.1, -0.05) is 6.92 Å². The van der Waals surface area contributed by atoms with Crippen molar-refractivity contribution in [1.82, 2.24) is 14.5 Å². The van der Waals surface area contributed by atoms with Crippen LogP contribution in [0.3, 0.4) is 0 Å². The lowest BCUT2D eigenvalue weighted by atomic mass is 10.3. The van der Waals surface area contributed by atoms with Crippen LogP contribution in [0.15, 0.2) is 12.5 Å². The maximum atomic E-state index is 12.8. The first kappa shape index (κ1) is 14.5. The molecule has 0 bridgehead atoms. The number of imidazole rings is 1. The van der Waals surface area contributed by atoms with E-state index in [4.69, 9.17) is 5.11 Å². The molecule has 0 saturated carbocycles. The normalized spacial score (nSPS) is 11.8. The predicted molar refractivity (Wildman–Crippen MR) is 65.6 cm³/mol. The van der Waals surface area contributed by atoms with E-state index in [9.17, 15) is 18.0 Å². The number of hydrogen-bond acceptors (Lipinski definition) is 4. The van der Waals surface area contributed by atoms with Crippen LogP contribution in [-0.2, 0) is 12.7 Å². The summed E-state index contributed by atoms with van der Waals surface area (Å²) in [6.45, 7) is 2.48. The number of aryl methyl sites for hydroxylation is 1. The van der Waals surface area contributed by atoms with Gasteiger partial charge in [-0.3, -0.25) is 0 Å². The van der Waals surface area contributed by atoms with Crippen molar-refractivity contribution in [3.05, 3.63) is 23.1 Å². The molecule has 2 rings (SSSR count). The number of nitrogens with zero attached hydrogens (tertiary/aromatic N) is 3. The van der Waals surface area contributed by atoms with Crippen LogP contribution in [0, 0.1) is 0 Å². The highest BCUT2D eigenvalue weighted by molar-refractivity contribution is 7.17. The SMILES string of the molecule is CCCn1cncc1-c1nc(C(F)(F)F)c(C(=O)O)s1. The Morgan fingerprint density at radius 2 is 2.20 bits per heavy atom. The zero-order valence-electron chi connectivity index (χ0n) is 10.3. The van der Waals surface area contributed by atoms with E-state index in [-0.39, 0.29) is 5.01 Å². The number of halogens is 3. The van der Waals surface area contributed by atoms with Crippen molar-refractivity contribution < 1.29 is 23.1 Å². The zero-order valence-corrected chi connectivity index (χ0v) is 11.1. The molecule has 2 aromatic heterocycles. The molecule has 0 unspecified atom stereocenters. The third-order valence-corrected chi connectivity index (χ3v) is 3.55. The van der Waals surface area contributed by atoms with Crippen LogP contribution in [0.4, 0.5) is 13.2 Å². The molecule has 0 aliphatic rings. The van der Waals surface area contributed by atoms with Crippen LogP contribution < -0.4 is 0 Å². The maximum Gasteiger partial charge on any atom is 0.435 e. The summed E-state index contributed by atoms with van der Waals surface area (Å²) >= 11 is 0.501. The zero-order chi connectivity index (χ0) is 14.9. The second-order valence-electron chi connectivity index (χ2n) is 3.97. The summed E-state index contributed by atoms with van der Waals surface area (Å²) in [4.78, 5) is 17.4. The number of carboxylic acids is 1. The first-order chi connectivity index (χ1) is 9.34. The van der Waals surface area contributed by atoms with Gasteiger partial charge < -0.3 is 9.67 Å². The molecule has 0 radical (unpaired) electrons. The lowest BCUT2D eigenvalue weighted by molar-refractivity contribution is -0.141. The summed E-state index contributed by atoms with van der Waals surface area (Å²) < 4.78 is 40.0. The van der Waals surface area contributed by atoms with E-state index in [2.05, 4.69) is 9.97 Å². The molecule has 0 aliphatic carbocycles. The molecular weight excluding hydrogens is 295 g/mol. The summed E-state index contributed by atoms with van der Waals surface area (Å²) in [6.07, 6.45) is -1.17. The molecule has 0 saturated heterocycles. The molecule has 0 atom stereocenters. The van der Waals surface area contributed by atoms with Crippen molar-refractivity contribution in [3.63, 3.8) is 0 Å². The number of carboxylic acid groups (broad SMARTS) is 1. The fraction of sp³-hybridized carbons (Fsp3) is 0.364. The second kappa shape index (κ2) is 5.23. The number of thiazole rings is 1. The van der Waals surface area contributed by atoms with E-state index in [1.807, 2.05) is 6.92 Å². The van der Waals surface area contributed by atoms with Crippen molar-refractivity contribution in [2.75, 3.05) is 0 Å². The van der Waals surface area contributed by atoms with Crippen molar-refractivity contribution in [1.29, 1.82) is 0 Å². The minimum Gasteiger partial charge on any atom is -0.477 e. The van der Waals surface area contributed by atoms with Gasteiger partial charge in [0.05, 0.1) is 18.2 Å². The van der Waals surface area contributed by atoms with Gasteiger partial charge in [-0.05, 0) is 6.42 Å². The van der Waals surface area contributed by atoms with Gasteiger partial charge in [-0.15, -0.1) is 11.3 Å². The topological polar surface area (TPSA) is 68.0 Å². The highest BCUT2D eigenvalue weighted by atomic mass is 32.1. The Morgan fingerprint density at radius 1 is 1.50 bits per heavy atom. The summed E-state index contributed by atoms with van der Waals surface area (Å²) in [7, 11) is 0. The number of rotatable bonds is 4. The largest absolute Gasteiger partial charge is 0.477 e. The van der Waals surface area contributed by atoms with Gasteiger partial charge in [-0.25, -0.2) is 14.8 Å². The molecule has 5 nitrogen and oxygen atoms in total. The molecule has 0 aromatic carbocycles. The highest BCUT2D eigenvalue weighted by Gasteiger charge is 2.40. The fourth-order valence-corrected chi connectivity index (χ4v) is 2.63. The van der Waals surface area contributed by atoms with E-state index in [1.165, 1.54) is 12.5 Å². The maximum absolute atomic E-state index is 12.8. The van der Waals surface area contributed by atoms with Crippen molar-refractivity contribution in [2.45, 2.75) is 26.1 Å². The monoisotopic (exact) mass is 305 g/mol. The molecule has 2 aromatic rings. The minimum absolute atomic E-state index is 0.000625. The van der Waals surface area contributed by atoms with Crippen LogP contribution >= 0.6 is 11.3 Å². The summed E-state index contributed by atoms with van der Waals surface area (Å²) in [5, 5.41) is 8.86. The lowest BCUT2D eigenvalue weighted by Gasteiger charge is -2.03. The third kappa shape index (κ3) is 2.67. The van der Waals surface area contributed by atoms with Gasteiger partial charge in [0.1, 0.15) is 9.88 Å². The first-order valence-electron chi connectivity index (χ1n) is 5.66. The van der Waals surface area contributed by atoms with E-state index < -0.39 is 22.7 Å². The molecule has 0 spiro atoms. The van der Waals surface area contributed by atoms with Crippen LogP contribution in [0.1, 0.15) is 28.7 Å². The van der Waals surface area contributed by atoms with E-state index in [0.717, 1.165) is 6.42 Å². The average molecular weight is 305 g/mol. The first-order valence-corrected chi connectivity index (χ1v) is 6.48. The summed E-state index contributed by atoms with van der Waals surface area (Å²) in [5.41, 5.74) is -0.982. The quantitative estimate of drug-likeness (QED) is 0.942. The molecule has 0 aliphatic heterocycles. The molecular formula is C11H10F3N3O2S.